The summed E-state index contributed by atoms with van der Waals surface area (Å²) in [6, 6.07) is 11.6. The average molecular weight is 329 g/mol. The number of aromatic nitrogens is 2. The number of carbonyl (C=O) groups excluding carboxylic acids is 1. The molecule has 5 nitrogen and oxygen atoms in total. The Kier molecular flexibility index (Phi) is 4.34. The molecule has 0 aliphatic heterocycles. The van der Waals surface area contributed by atoms with Crippen LogP contribution in [0.1, 0.15) is 11.3 Å². The molecule has 0 aliphatic rings. The highest BCUT2D eigenvalue weighted by Crippen LogP contribution is 2.14. The van der Waals surface area contributed by atoms with Crippen molar-refractivity contribution in [1.29, 1.82) is 0 Å². The number of fused-ring (bicyclic) bond motifs is 1. The number of thiophene rings is 1. The Balaban J connectivity index is 1.72. The number of hydrogen-bond donors (Lipinski definition) is 0. The largest absolute Gasteiger partial charge is 0.341 e. The minimum atomic E-state index is -0.0834. The third-order valence-electron chi connectivity index (χ3n) is 4.00. The molecule has 0 saturated carbocycles. The van der Waals surface area contributed by atoms with Crippen LogP contribution in [0.15, 0.2) is 46.6 Å². The molecule has 0 aliphatic carbocycles. The third-order valence-corrected chi connectivity index (χ3v) is 4.86. The average Bonchev–Trinajstić information content (AvgIpc) is 3.14. The van der Waals surface area contributed by atoms with Gasteiger partial charge in [0.1, 0.15) is 0 Å². The summed E-state index contributed by atoms with van der Waals surface area (Å²) in [5.41, 5.74) is 1.67. The zero-order chi connectivity index (χ0) is 16.4. The Morgan fingerprint density at radius 1 is 1.17 bits per heavy atom. The van der Waals surface area contributed by atoms with Crippen LogP contribution >= 0.6 is 11.3 Å². The van der Waals surface area contributed by atoms with Gasteiger partial charge in [-0.25, -0.2) is 4.79 Å². The van der Waals surface area contributed by atoms with E-state index in [1.54, 1.807) is 39.5 Å². The Morgan fingerprint density at radius 3 is 2.61 bits per heavy atom. The first-order valence-electron chi connectivity index (χ1n) is 7.48. The second kappa shape index (κ2) is 6.42. The molecule has 1 amide bonds. The van der Waals surface area contributed by atoms with Crippen molar-refractivity contribution < 1.29 is 4.79 Å². The van der Waals surface area contributed by atoms with Gasteiger partial charge in [0.15, 0.2) is 0 Å². The SMILES string of the molecule is CN(Cc1cccs1)C(=O)CCn1c(=O)n(C)c2ccccc21. The Bertz CT molecular complexity index is 877. The van der Waals surface area contributed by atoms with Gasteiger partial charge in [0, 0.05) is 31.9 Å². The molecule has 0 radical (unpaired) electrons. The van der Waals surface area contributed by atoms with Gasteiger partial charge in [-0.1, -0.05) is 18.2 Å². The predicted octanol–water partition coefficient (Wildman–Crippen LogP) is 2.45. The van der Waals surface area contributed by atoms with E-state index in [0.29, 0.717) is 19.5 Å². The van der Waals surface area contributed by atoms with Crippen LogP contribution in [0.3, 0.4) is 0 Å². The van der Waals surface area contributed by atoms with Crippen LogP contribution in [0.4, 0.5) is 0 Å². The van der Waals surface area contributed by atoms with Crippen LogP contribution in [0.25, 0.3) is 11.0 Å². The summed E-state index contributed by atoms with van der Waals surface area (Å²) in [7, 11) is 3.56. The molecule has 1 aromatic carbocycles. The fourth-order valence-electron chi connectivity index (χ4n) is 2.70. The van der Waals surface area contributed by atoms with Gasteiger partial charge in [-0.15, -0.1) is 11.3 Å². The topological polar surface area (TPSA) is 47.2 Å². The van der Waals surface area contributed by atoms with Crippen molar-refractivity contribution in [3.63, 3.8) is 0 Å². The lowest BCUT2D eigenvalue weighted by atomic mass is 10.3. The van der Waals surface area contributed by atoms with Crippen LogP contribution in [0, 0.1) is 0 Å². The number of amides is 1. The normalized spacial score (nSPS) is 11.0. The van der Waals surface area contributed by atoms with Gasteiger partial charge >= 0.3 is 5.69 Å². The van der Waals surface area contributed by atoms with Crippen molar-refractivity contribution in [2.24, 2.45) is 7.05 Å². The van der Waals surface area contributed by atoms with E-state index in [-0.39, 0.29) is 11.6 Å². The zero-order valence-corrected chi connectivity index (χ0v) is 14.0. The van der Waals surface area contributed by atoms with E-state index in [1.807, 2.05) is 41.8 Å². The highest BCUT2D eigenvalue weighted by molar-refractivity contribution is 7.09. The molecule has 0 fully saturated rings. The number of rotatable bonds is 5. The lowest BCUT2D eigenvalue weighted by Gasteiger charge is -2.16. The molecule has 0 spiro atoms. The van der Waals surface area contributed by atoms with Crippen molar-refractivity contribution in [2.45, 2.75) is 19.5 Å². The minimum Gasteiger partial charge on any atom is -0.341 e. The zero-order valence-electron chi connectivity index (χ0n) is 13.2. The lowest BCUT2D eigenvalue weighted by Crippen LogP contribution is -2.29. The molecule has 3 aromatic rings. The molecule has 0 bridgehead atoms. The van der Waals surface area contributed by atoms with Crippen LogP contribution in [0.2, 0.25) is 0 Å². The Hall–Kier alpha value is -2.34. The van der Waals surface area contributed by atoms with Crippen LogP contribution in [-0.2, 0) is 24.9 Å². The molecule has 6 heteroatoms. The number of para-hydroxylation sites is 2. The first kappa shape index (κ1) is 15.6. The highest BCUT2D eigenvalue weighted by Gasteiger charge is 2.14. The second-order valence-corrected chi connectivity index (χ2v) is 6.59. The van der Waals surface area contributed by atoms with Gasteiger partial charge in [0.05, 0.1) is 17.6 Å². The maximum atomic E-state index is 12.3. The van der Waals surface area contributed by atoms with Gasteiger partial charge in [-0.3, -0.25) is 13.9 Å². The molecule has 2 heterocycles. The quantitative estimate of drug-likeness (QED) is 0.722. The Labute approximate surface area is 138 Å². The fraction of sp³-hybridized carbons (Fsp3) is 0.294. The van der Waals surface area contributed by atoms with Crippen molar-refractivity contribution >= 4 is 28.3 Å². The third kappa shape index (κ3) is 3.07. The number of imidazole rings is 1. The maximum absolute atomic E-state index is 12.3. The van der Waals surface area contributed by atoms with Crippen molar-refractivity contribution in [3.8, 4) is 0 Å². The fourth-order valence-corrected chi connectivity index (χ4v) is 3.46. The standard InChI is InChI=1S/C17H19N3O2S/c1-18(12-13-6-5-11-23-13)16(21)9-10-20-15-8-4-3-7-14(15)19(2)17(20)22/h3-8,11H,9-10,12H2,1-2H3. The highest BCUT2D eigenvalue weighted by atomic mass is 32.1. The first-order valence-corrected chi connectivity index (χ1v) is 8.36. The van der Waals surface area contributed by atoms with Gasteiger partial charge in [0.25, 0.3) is 0 Å². The number of hydrogen-bond acceptors (Lipinski definition) is 3. The summed E-state index contributed by atoms with van der Waals surface area (Å²) in [4.78, 5) is 27.5. The molecule has 23 heavy (non-hydrogen) atoms. The number of aryl methyl sites for hydroxylation is 2. The van der Waals surface area contributed by atoms with Gasteiger partial charge in [-0.05, 0) is 23.6 Å². The van der Waals surface area contributed by atoms with E-state index >= 15 is 0 Å². The molecular formula is C17H19N3O2S. The van der Waals surface area contributed by atoms with Crippen LogP contribution in [-0.4, -0.2) is 27.0 Å². The second-order valence-electron chi connectivity index (χ2n) is 5.56. The first-order chi connectivity index (χ1) is 11.1. The Morgan fingerprint density at radius 2 is 1.91 bits per heavy atom. The number of carbonyl (C=O) groups is 1. The van der Waals surface area contributed by atoms with E-state index in [1.165, 1.54) is 0 Å². The van der Waals surface area contributed by atoms with Crippen LogP contribution < -0.4 is 5.69 Å². The van der Waals surface area contributed by atoms with Crippen molar-refractivity contribution in [1.82, 2.24) is 14.0 Å². The molecule has 120 valence electrons. The molecule has 0 N–H and O–H groups in total. The molecule has 0 unspecified atom stereocenters. The smallest absolute Gasteiger partial charge is 0.328 e. The summed E-state index contributed by atoms with van der Waals surface area (Å²) in [6.07, 6.45) is 0.315. The maximum Gasteiger partial charge on any atom is 0.328 e. The van der Waals surface area contributed by atoms with Crippen molar-refractivity contribution in [3.05, 3.63) is 57.1 Å². The number of nitrogens with zero attached hydrogens (tertiary/aromatic N) is 3. The van der Waals surface area contributed by atoms with Crippen LogP contribution in [0.5, 0.6) is 0 Å². The van der Waals surface area contributed by atoms with E-state index in [0.717, 1.165) is 15.9 Å². The molecule has 3 rings (SSSR count). The van der Waals surface area contributed by atoms with Gasteiger partial charge < -0.3 is 4.90 Å². The summed E-state index contributed by atoms with van der Waals surface area (Å²) in [5, 5.41) is 2.00. The minimum absolute atomic E-state index is 0.0400. The van der Waals surface area contributed by atoms with E-state index in [4.69, 9.17) is 0 Å². The van der Waals surface area contributed by atoms with E-state index in [9.17, 15) is 9.59 Å². The number of benzene rings is 1. The molecule has 0 atom stereocenters. The summed E-state index contributed by atoms with van der Waals surface area (Å²) < 4.78 is 3.29. The van der Waals surface area contributed by atoms with Gasteiger partial charge in [0.2, 0.25) is 5.91 Å². The van der Waals surface area contributed by atoms with Gasteiger partial charge in [-0.2, -0.15) is 0 Å². The predicted molar refractivity (Wildman–Crippen MR) is 92.6 cm³/mol. The van der Waals surface area contributed by atoms with Crippen molar-refractivity contribution in [2.75, 3.05) is 7.05 Å². The van der Waals surface area contributed by atoms with E-state index < -0.39 is 0 Å². The monoisotopic (exact) mass is 329 g/mol. The summed E-state index contributed by atoms with van der Waals surface area (Å²) in [6.45, 7) is 1.01. The van der Waals surface area contributed by atoms with E-state index in [2.05, 4.69) is 0 Å². The molecule has 2 aromatic heterocycles. The summed E-state index contributed by atoms with van der Waals surface area (Å²) >= 11 is 1.64. The molecular weight excluding hydrogens is 310 g/mol. The molecule has 0 saturated heterocycles. The summed E-state index contributed by atoms with van der Waals surface area (Å²) in [5.74, 6) is 0.0400. The lowest BCUT2D eigenvalue weighted by molar-refractivity contribution is -0.130.